The second kappa shape index (κ2) is 2.85. The second-order valence-electron chi connectivity index (χ2n) is 2.21. The molecule has 0 bridgehead atoms. The van der Waals surface area contributed by atoms with Crippen LogP contribution in [0.3, 0.4) is 0 Å². The van der Waals surface area contributed by atoms with Crippen LogP contribution in [-0.4, -0.2) is 21.9 Å². The van der Waals surface area contributed by atoms with Gasteiger partial charge in [0.25, 0.3) is 0 Å². The van der Waals surface area contributed by atoms with Crippen LogP contribution in [0.5, 0.6) is 0 Å². The summed E-state index contributed by atoms with van der Waals surface area (Å²) in [5.74, 6) is 0. The Balaban J connectivity index is 2.51. The van der Waals surface area contributed by atoms with Crippen LogP contribution in [0.15, 0.2) is 0 Å². The van der Waals surface area contributed by atoms with Gasteiger partial charge < -0.3 is 0 Å². The summed E-state index contributed by atoms with van der Waals surface area (Å²) in [6, 6.07) is 0. The van der Waals surface area contributed by atoms with Gasteiger partial charge in [0.15, 0.2) is 0 Å². The van der Waals surface area contributed by atoms with Crippen molar-refractivity contribution in [1.29, 1.82) is 0 Å². The van der Waals surface area contributed by atoms with Crippen LogP contribution in [0.1, 0.15) is 0 Å². The molecule has 0 radical (unpaired) electrons. The van der Waals surface area contributed by atoms with Crippen molar-refractivity contribution < 1.29 is 4.57 Å². The first-order chi connectivity index (χ1) is 3.97. The zero-order valence-electron chi connectivity index (χ0n) is 5.58. The van der Waals surface area contributed by atoms with Crippen molar-refractivity contribution >= 4 is 48.9 Å². The maximum absolute atomic E-state index is 11.4. The average Bonchev–Trinajstić information content (AvgIpc) is 1.61. The van der Waals surface area contributed by atoms with E-state index in [1.807, 2.05) is 23.4 Å². The van der Waals surface area contributed by atoms with E-state index in [-0.39, 0.29) is 0 Å². The summed E-state index contributed by atoms with van der Waals surface area (Å²) in [4.78, 5) is 4.63. The Morgan fingerprint density at radius 1 is 1.44 bits per heavy atom. The van der Waals surface area contributed by atoms with Crippen molar-refractivity contribution in [3.05, 3.63) is 0 Å². The molecule has 0 saturated carbocycles. The molecule has 1 fully saturated rings. The van der Waals surface area contributed by atoms with E-state index in [9.17, 15) is 4.57 Å². The van der Waals surface area contributed by atoms with Crippen LogP contribution in [0, 0.1) is 0 Å². The standard InChI is InChI=1S/CH5OPS3.2CH3.Sn/c1-6-3(2,4)5;;;/h1H3,(H2,2,4,5);2*1H3;/q;;;+2/p-2. The molecule has 0 N–H and O–H groups in total. The predicted molar refractivity (Wildman–Crippen MR) is 53.8 cm³/mol. The fourth-order valence-corrected chi connectivity index (χ4v) is 105. The normalized spacial score (nSPS) is 29.2. The van der Waals surface area contributed by atoms with Gasteiger partial charge in [0, 0.05) is 0 Å². The van der Waals surface area contributed by atoms with Crippen molar-refractivity contribution in [2.24, 2.45) is 0 Å². The van der Waals surface area contributed by atoms with Gasteiger partial charge in [-0.1, -0.05) is 0 Å². The monoisotopic (exact) mass is 308 g/mol. The van der Waals surface area contributed by atoms with Gasteiger partial charge in [-0.05, 0) is 0 Å². The van der Waals surface area contributed by atoms with E-state index in [1.54, 1.807) is 11.4 Å². The van der Waals surface area contributed by atoms with Crippen LogP contribution in [-0.2, 0) is 4.57 Å². The van der Waals surface area contributed by atoms with Gasteiger partial charge in [0.05, 0.1) is 0 Å². The van der Waals surface area contributed by atoms with Gasteiger partial charge in [-0.3, -0.25) is 0 Å². The van der Waals surface area contributed by atoms with E-state index < -0.39 is 20.4 Å². The Morgan fingerprint density at radius 3 is 2.00 bits per heavy atom. The van der Waals surface area contributed by atoms with Crippen LogP contribution < -0.4 is 0 Å². The molecule has 0 aliphatic carbocycles. The fourth-order valence-electron chi connectivity index (χ4n) is 0.620. The van der Waals surface area contributed by atoms with Crippen molar-refractivity contribution in [2.45, 2.75) is 9.88 Å². The van der Waals surface area contributed by atoms with Crippen LogP contribution in [0.4, 0.5) is 0 Å². The number of rotatable bonds is 1. The van der Waals surface area contributed by atoms with Crippen molar-refractivity contribution in [1.82, 2.24) is 0 Å². The Kier molecular flexibility index (Phi) is 2.90. The van der Waals surface area contributed by atoms with Crippen LogP contribution in [0.25, 0.3) is 0 Å². The molecular weight excluding hydrogens is 298 g/mol. The fraction of sp³-hybridized carbons (Fsp3) is 1.00. The summed E-state index contributed by atoms with van der Waals surface area (Å²) in [5, 5.41) is 0. The minimum atomic E-state index is -1.75. The molecule has 0 amide bonds. The van der Waals surface area contributed by atoms with Gasteiger partial charge in [-0.25, -0.2) is 0 Å². The molecule has 1 heterocycles. The summed E-state index contributed by atoms with van der Waals surface area (Å²) in [6.45, 7) is 0. The maximum atomic E-state index is 11.4. The van der Waals surface area contributed by atoms with Gasteiger partial charge in [0.2, 0.25) is 0 Å². The molecule has 1 nitrogen and oxygen atoms in total. The van der Waals surface area contributed by atoms with E-state index in [1.165, 1.54) is 0 Å². The molecular formula is C3H9OPS3Sn. The average molecular weight is 307 g/mol. The molecule has 1 saturated heterocycles. The second-order valence-corrected chi connectivity index (χ2v) is 45.5. The van der Waals surface area contributed by atoms with Crippen molar-refractivity contribution in [3.63, 3.8) is 0 Å². The molecule has 0 aromatic heterocycles. The Bertz CT molecular complexity index is 158. The predicted octanol–water partition coefficient (Wildman–Crippen LogP) is 3.64. The van der Waals surface area contributed by atoms with Crippen LogP contribution >= 0.6 is 33.3 Å². The summed E-state index contributed by atoms with van der Waals surface area (Å²) < 4.78 is 9.64. The zero-order chi connectivity index (χ0) is 7.12. The first kappa shape index (κ1) is 9.17. The Labute approximate surface area is 68.9 Å². The number of hydrogen-bond acceptors (Lipinski definition) is 4. The molecule has 6 heteroatoms. The van der Waals surface area contributed by atoms with Gasteiger partial charge in [-0.15, -0.1) is 0 Å². The zero-order valence-corrected chi connectivity index (χ0v) is 11.8. The minimum absolute atomic E-state index is 1.55. The summed E-state index contributed by atoms with van der Waals surface area (Å²) in [6.07, 6.45) is 1.95. The molecule has 1 rings (SSSR count). The molecule has 0 spiro atoms. The van der Waals surface area contributed by atoms with E-state index in [0.29, 0.717) is 0 Å². The van der Waals surface area contributed by atoms with Crippen molar-refractivity contribution in [2.75, 3.05) is 6.26 Å². The van der Waals surface area contributed by atoms with Gasteiger partial charge in [-0.2, -0.15) is 0 Å². The summed E-state index contributed by atoms with van der Waals surface area (Å²) in [7, 11) is 3.65. The molecule has 1 aliphatic heterocycles. The summed E-state index contributed by atoms with van der Waals surface area (Å²) >= 11 is -0.155. The van der Waals surface area contributed by atoms with Gasteiger partial charge >= 0.3 is 69.6 Å². The third kappa shape index (κ3) is 2.26. The topological polar surface area (TPSA) is 17.1 Å². The molecule has 54 valence electrons. The third-order valence-corrected chi connectivity index (χ3v) is 71.7. The first-order valence-corrected chi connectivity index (χ1v) is 21.6. The van der Waals surface area contributed by atoms with E-state index in [0.717, 1.165) is 0 Å². The SMILES string of the molecule is CSP1(=O)[S][Sn]([CH3])([CH3])[S]1. The Hall–Kier alpha value is 2.08. The third-order valence-electron chi connectivity index (χ3n) is 0.887. The quantitative estimate of drug-likeness (QED) is 0.543. The number of hydrogen-bond donors (Lipinski definition) is 0. The molecule has 0 unspecified atom stereocenters. The van der Waals surface area contributed by atoms with Crippen LogP contribution in [0.2, 0.25) is 9.88 Å². The van der Waals surface area contributed by atoms with E-state index in [4.69, 9.17) is 0 Å². The molecule has 0 atom stereocenters. The molecule has 1 aliphatic rings. The van der Waals surface area contributed by atoms with E-state index >= 15 is 0 Å². The molecule has 0 aromatic carbocycles. The molecule has 0 aromatic rings. The van der Waals surface area contributed by atoms with Gasteiger partial charge in [0.1, 0.15) is 0 Å². The van der Waals surface area contributed by atoms with Crippen molar-refractivity contribution in [3.8, 4) is 0 Å². The Morgan fingerprint density at radius 2 is 1.89 bits per heavy atom. The molecule has 9 heavy (non-hydrogen) atoms. The first-order valence-electron chi connectivity index (χ1n) is 2.55. The summed E-state index contributed by atoms with van der Waals surface area (Å²) in [5.41, 5.74) is 0. The van der Waals surface area contributed by atoms with E-state index in [2.05, 4.69) is 9.88 Å².